The third-order valence-corrected chi connectivity index (χ3v) is 6.36. The number of aliphatic hydroxyl groups is 4. The summed E-state index contributed by atoms with van der Waals surface area (Å²) in [5, 5.41) is 44.7. The summed E-state index contributed by atoms with van der Waals surface area (Å²) < 4.78 is 39.2. The summed E-state index contributed by atoms with van der Waals surface area (Å²) in [7, 11) is 0. The standard InChI is InChI=1S/C24H34F2N2O6/c1-4-6-16(5-2)28-13(3)17(11-14-7-9-15(10-8-14)22(25)26)23(27-28)34-24-21(32)20(31)19(30)18(12-29)33-24/h7-10,16,18-22,24,29-32H,4-6,11-12H2,1-3H3/t16?,18-,19-,20+,21-,24+/m1/s1. The van der Waals surface area contributed by atoms with Crippen molar-refractivity contribution in [3.8, 4) is 5.88 Å². The number of rotatable bonds is 10. The van der Waals surface area contributed by atoms with Gasteiger partial charge in [0.2, 0.25) is 12.2 Å². The molecule has 1 aromatic heterocycles. The molecule has 1 fully saturated rings. The number of alkyl halides is 2. The summed E-state index contributed by atoms with van der Waals surface area (Å²) in [6.45, 7) is 5.46. The molecule has 1 saturated heterocycles. The van der Waals surface area contributed by atoms with E-state index >= 15 is 0 Å². The van der Waals surface area contributed by atoms with E-state index in [1.807, 2.05) is 11.6 Å². The fourth-order valence-corrected chi connectivity index (χ4v) is 4.27. The molecule has 0 bridgehead atoms. The van der Waals surface area contributed by atoms with Gasteiger partial charge in [-0.25, -0.2) is 8.78 Å². The molecular weight excluding hydrogens is 450 g/mol. The van der Waals surface area contributed by atoms with Gasteiger partial charge in [-0.15, -0.1) is 5.10 Å². The van der Waals surface area contributed by atoms with Crippen molar-refractivity contribution in [2.45, 2.75) is 89.6 Å². The van der Waals surface area contributed by atoms with Crippen LogP contribution in [0.15, 0.2) is 24.3 Å². The van der Waals surface area contributed by atoms with Crippen molar-refractivity contribution in [3.63, 3.8) is 0 Å². The second-order valence-corrected chi connectivity index (χ2v) is 8.70. The molecule has 0 aliphatic carbocycles. The minimum absolute atomic E-state index is 0.0667. The van der Waals surface area contributed by atoms with Crippen molar-refractivity contribution in [1.29, 1.82) is 0 Å². The van der Waals surface area contributed by atoms with E-state index in [4.69, 9.17) is 9.47 Å². The van der Waals surface area contributed by atoms with E-state index < -0.39 is 43.7 Å². The monoisotopic (exact) mass is 484 g/mol. The number of ether oxygens (including phenoxy) is 2. The molecule has 2 aromatic rings. The molecule has 190 valence electrons. The molecule has 1 aliphatic heterocycles. The molecule has 0 radical (unpaired) electrons. The van der Waals surface area contributed by atoms with Crippen LogP contribution in [0, 0.1) is 6.92 Å². The Labute approximate surface area is 197 Å². The summed E-state index contributed by atoms with van der Waals surface area (Å²) in [5.41, 5.74) is 2.23. The van der Waals surface area contributed by atoms with E-state index in [1.54, 1.807) is 12.1 Å². The van der Waals surface area contributed by atoms with Crippen LogP contribution >= 0.6 is 0 Å². The van der Waals surface area contributed by atoms with Crippen LogP contribution in [0.2, 0.25) is 0 Å². The zero-order valence-electron chi connectivity index (χ0n) is 19.6. The highest BCUT2D eigenvalue weighted by Gasteiger charge is 2.45. The van der Waals surface area contributed by atoms with Crippen molar-refractivity contribution in [3.05, 3.63) is 46.6 Å². The lowest BCUT2D eigenvalue weighted by Gasteiger charge is -2.39. The van der Waals surface area contributed by atoms with E-state index in [-0.39, 0.29) is 17.5 Å². The van der Waals surface area contributed by atoms with Crippen LogP contribution in [0.3, 0.4) is 0 Å². The Kier molecular flexibility index (Phi) is 9.00. The van der Waals surface area contributed by atoms with Gasteiger partial charge in [-0.1, -0.05) is 44.5 Å². The molecule has 0 saturated carbocycles. The van der Waals surface area contributed by atoms with E-state index in [2.05, 4.69) is 18.9 Å². The average Bonchev–Trinajstić information content (AvgIpc) is 3.12. The Morgan fingerprint density at radius 3 is 2.32 bits per heavy atom. The maximum absolute atomic E-state index is 12.9. The van der Waals surface area contributed by atoms with Crippen LogP contribution in [0.1, 0.15) is 68.0 Å². The molecule has 10 heteroatoms. The molecule has 1 aliphatic rings. The van der Waals surface area contributed by atoms with Crippen molar-refractivity contribution in [2.75, 3.05) is 6.61 Å². The Hall–Kier alpha value is -2.11. The zero-order chi connectivity index (χ0) is 25.0. The maximum Gasteiger partial charge on any atom is 0.263 e. The SMILES string of the molecule is CCCC(CC)n1nc(O[C@@H]2O[C@H](CO)[C@@H](O)[C@H](O)[C@H]2O)c(Cc2ccc(C(F)F)cc2)c1C. The third kappa shape index (κ3) is 5.58. The first-order chi connectivity index (χ1) is 16.2. The van der Waals surface area contributed by atoms with Crippen LogP contribution in [-0.2, 0) is 11.2 Å². The van der Waals surface area contributed by atoms with Gasteiger partial charge >= 0.3 is 0 Å². The molecule has 2 heterocycles. The average molecular weight is 485 g/mol. The molecular formula is C24H34F2N2O6. The lowest BCUT2D eigenvalue weighted by Crippen LogP contribution is -2.60. The number of nitrogens with zero attached hydrogens (tertiary/aromatic N) is 2. The van der Waals surface area contributed by atoms with E-state index in [1.165, 1.54) is 12.1 Å². The molecule has 34 heavy (non-hydrogen) atoms. The Bertz CT molecular complexity index is 921. The first-order valence-electron chi connectivity index (χ1n) is 11.6. The van der Waals surface area contributed by atoms with E-state index in [9.17, 15) is 29.2 Å². The molecule has 0 spiro atoms. The second kappa shape index (κ2) is 11.5. The predicted molar refractivity (Wildman–Crippen MR) is 120 cm³/mol. The summed E-state index contributed by atoms with van der Waals surface area (Å²) in [5.74, 6) is 0.175. The number of aromatic nitrogens is 2. The Morgan fingerprint density at radius 2 is 1.76 bits per heavy atom. The zero-order valence-corrected chi connectivity index (χ0v) is 19.6. The highest BCUT2D eigenvalue weighted by molar-refractivity contribution is 5.37. The van der Waals surface area contributed by atoms with Crippen molar-refractivity contribution in [2.24, 2.45) is 0 Å². The molecule has 8 nitrogen and oxygen atoms in total. The molecule has 4 N–H and O–H groups in total. The molecule has 6 atom stereocenters. The van der Waals surface area contributed by atoms with E-state index in [0.29, 0.717) is 12.0 Å². The van der Waals surface area contributed by atoms with Crippen LogP contribution in [0.25, 0.3) is 0 Å². The molecule has 1 aromatic carbocycles. The maximum atomic E-state index is 12.9. The minimum atomic E-state index is -2.55. The second-order valence-electron chi connectivity index (χ2n) is 8.70. The molecule has 3 rings (SSSR count). The van der Waals surface area contributed by atoms with E-state index in [0.717, 1.165) is 30.5 Å². The fourth-order valence-electron chi connectivity index (χ4n) is 4.27. The smallest absolute Gasteiger partial charge is 0.263 e. The number of benzene rings is 1. The van der Waals surface area contributed by atoms with Gasteiger partial charge in [0, 0.05) is 23.2 Å². The largest absolute Gasteiger partial charge is 0.443 e. The van der Waals surface area contributed by atoms with Crippen LogP contribution in [0.4, 0.5) is 8.78 Å². The van der Waals surface area contributed by atoms with Crippen molar-refractivity contribution < 1.29 is 38.7 Å². The van der Waals surface area contributed by atoms with Crippen LogP contribution in [-0.4, -0.2) is 67.5 Å². The van der Waals surface area contributed by atoms with Gasteiger partial charge < -0.3 is 29.9 Å². The van der Waals surface area contributed by atoms with Crippen LogP contribution in [0.5, 0.6) is 5.88 Å². The van der Waals surface area contributed by atoms with Gasteiger partial charge in [0.1, 0.15) is 24.4 Å². The lowest BCUT2D eigenvalue weighted by molar-refractivity contribution is -0.278. The quantitative estimate of drug-likeness (QED) is 0.410. The fraction of sp³-hybridized carbons (Fsp3) is 0.625. The number of aliphatic hydroxyl groups excluding tert-OH is 4. The van der Waals surface area contributed by atoms with Gasteiger partial charge in [-0.3, -0.25) is 4.68 Å². The van der Waals surface area contributed by atoms with Crippen LogP contribution < -0.4 is 4.74 Å². The van der Waals surface area contributed by atoms with Gasteiger partial charge in [0.05, 0.1) is 12.6 Å². The predicted octanol–water partition coefficient (Wildman–Crippen LogP) is 2.65. The molecule has 1 unspecified atom stereocenters. The third-order valence-electron chi connectivity index (χ3n) is 6.36. The molecule has 0 amide bonds. The summed E-state index contributed by atoms with van der Waals surface area (Å²) in [4.78, 5) is 0. The van der Waals surface area contributed by atoms with Crippen molar-refractivity contribution in [1.82, 2.24) is 9.78 Å². The first kappa shape index (κ1) is 26.5. The number of hydrogen-bond donors (Lipinski definition) is 4. The number of hydrogen-bond acceptors (Lipinski definition) is 7. The normalized spacial score (nSPS) is 26.1. The lowest BCUT2D eigenvalue weighted by atomic mass is 9.99. The highest BCUT2D eigenvalue weighted by Crippen LogP contribution is 2.32. The minimum Gasteiger partial charge on any atom is -0.443 e. The Balaban J connectivity index is 1.95. The van der Waals surface area contributed by atoms with Gasteiger partial charge in [0.25, 0.3) is 6.43 Å². The highest BCUT2D eigenvalue weighted by atomic mass is 19.3. The summed E-state index contributed by atoms with van der Waals surface area (Å²) in [6.07, 6.45) is -6.67. The Morgan fingerprint density at radius 1 is 1.09 bits per heavy atom. The topological polar surface area (TPSA) is 117 Å². The van der Waals surface area contributed by atoms with Crippen molar-refractivity contribution >= 4 is 0 Å². The van der Waals surface area contributed by atoms with Gasteiger partial charge in [-0.2, -0.15) is 0 Å². The van der Waals surface area contributed by atoms with Gasteiger partial charge in [-0.05, 0) is 25.3 Å². The first-order valence-corrected chi connectivity index (χ1v) is 11.6. The number of halogens is 2. The summed E-state index contributed by atoms with van der Waals surface area (Å²) >= 11 is 0. The summed E-state index contributed by atoms with van der Waals surface area (Å²) in [6, 6.07) is 6.11. The van der Waals surface area contributed by atoms with Gasteiger partial charge in [0.15, 0.2) is 0 Å².